The van der Waals surface area contributed by atoms with E-state index in [0.29, 0.717) is 0 Å². The minimum atomic E-state index is -0.223. The van der Waals surface area contributed by atoms with Crippen LogP contribution in [-0.4, -0.2) is 62.8 Å². The van der Waals surface area contributed by atoms with Crippen LogP contribution in [0, 0.1) is 0 Å². The number of hydrogen-bond acceptors (Lipinski definition) is 3. The van der Waals surface area contributed by atoms with Crippen molar-refractivity contribution in [3.63, 3.8) is 0 Å². The number of aliphatic imine (C=N–C) groups is 2. The third-order valence-corrected chi connectivity index (χ3v) is 7.85. The van der Waals surface area contributed by atoms with Gasteiger partial charge in [0.25, 0.3) is 0 Å². The maximum absolute atomic E-state index is 6.59. The van der Waals surface area contributed by atoms with Gasteiger partial charge in [0, 0.05) is 22.2 Å². The fraction of sp³-hybridized carbons (Fsp3) is 0.533. The summed E-state index contributed by atoms with van der Waals surface area (Å²) >= 11 is 0. The summed E-state index contributed by atoms with van der Waals surface area (Å²) < 4.78 is 11.2. The van der Waals surface area contributed by atoms with Gasteiger partial charge in [-0.25, -0.2) is 0 Å². The molecule has 7 heteroatoms. The number of benzene rings is 2. The van der Waals surface area contributed by atoms with Crippen molar-refractivity contribution in [3.8, 4) is 0 Å². The van der Waals surface area contributed by atoms with Crippen LogP contribution in [0.25, 0.3) is 0 Å². The molecule has 0 saturated heterocycles. The van der Waals surface area contributed by atoms with Crippen molar-refractivity contribution >= 4 is 31.5 Å². The molecule has 0 aromatic heterocycles. The molecular formula is C30H46N4OSi2. The van der Waals surface area contributed by atoms with E-state index < -0.39 is 0 Å². The maximum atomic E-state index is 6.59. The molecule has 0 saturated carbocycles. The largest absolute Gasteiger partial charge is 0.422 e. The standard InChI is InChI=1S/C30H46N4OSi2/c1-27(2,3)31-25(23-19-15-13-16-20-23)33(29(7,8)9)36-35-37-34(30(10,11)12)26(32-28(4,5)6)24-21-17-14-18-22-24/h13-22H,1-12H3. The molecule has 0 unspecified atom stereocenters. The number of hydrogen-bond donors (Lipinski definition) is 0. The van der Waals surface area contributed by atoms with Gasteiger partial charge in [-0.1, -0.05) is 60.7 Å². The lowest BCUT2D eigenvalue weighted by atomic mass is 10.1. The second-order valence-corrected chi connectivity index (χ2v) is 15.3. The summed E-state index contributed by atoms with van der Waals surface area (Å²) in [4.78, 5) is 10.3. The Morgan fingerprint density at radius 2 is 0.838 bits per heavy atom. The average Bonchev–Trinajstić information content (AvgIpc) is 2.75. The molecule has 0 spiro atoms. The van der Waals surface area contributed by atoms with Gasteiger partial charge in [-0.2, -0.15) is 0 Å². The van der Waals surface area contributed by atoms with E-state index in [-0.39, 0.29) is 42.0 Å². The molecule has 5 nitrogen and oxygen atoms in total. The van der Waals surface area contributed by atoms with Gasteiger partial charge in [0.1, 0.15) is 11.7 Å². The van der Waals surface area contributed by atoms with Crippen molar-refractivity contribution in [3.05, 3.63) is 71.8 Å². The summed E-state index contributed by atoms with van der Waals surface area (Å²) in [6.07, 6.45) is 0. The molecule has 4 radical (unpaired) electrons. The Kier molecular flexibility index (Phi) is 10.1. The van der Waals surface area contributed by atoms with Crippen molar-refractivity contribution in [2.24, 2.45) is 9.98 Å². The van der Waals surface area contributed by atoms with Crippen LogP contribution >= 0.6 is 0 Å². The molecule has 2 rings (SSSR count). The zero-order valence-corrected chi connectivity index (χ0v) is 27.0. The van der Waals surface area contributed by atoms with Crippen LogP contribution in [0.1, 0.15) is 94.2 Å². The summed E-state index contributed by atoms with van der Waals surface area (Å²) in [7, 11) is 0.190. The molecule has 0 fully saturated rings. The summed E-state index contributed by atoms with van der Waals surface area (Å²) in [6, 6.07) is 20.9. The first-order valence-electron chi connectivity index (χ1n) is 13.0. The molecule has 0 bridgehead atoms. The predicted molar refractivity (Wildman–Crippen MR) is 161 cm³/mol. The molecule has 2 aromatic carbocycles. The normalized spacial score (nSPS) is 14.1. The van der Waals surface area contributed by atoms with Crippen LogP contribution < -0.4 is 0 Å². The second-order valence-electron chi connectivity index (χ2n) is 13.2. The molecule has 200 valence electrons. The number of amidine groups is 2. The van der Waals surface area contributed by atoms with Crippen molar-refractivity contribution in [1.82, 2.24) is 9.13 Å². The van der Waals surface area contributed by atoms with Crippen molar-refractivity contribution in [2.45, 2.75) is 105 Å². The van der Waals surface area contributed by atoms with E-state index in [1.165, 1.54) is 0 Å². The Labute approximate surface area is 231 Å². The Morgan fingerprint density at radius 1 is 0.541 bits per heavy atom. The topological polar surface area (TPSA) is 40.4 Å². The van der Waals surface area contributed by atoms with E-state index in [9.17, 15) is 0 Å². The van der Waals surface area contributed by atoms with Gasteiger partial charge in [0.2, 0.25) is 0 Å². The van der Waals surface area contributed by atoms with Gasteiger partial charge in [-0.3, -0.25) is 9.98 Å². The van der Waals surface area contributed by atoms with Crippen LogP contribution in [0.4, 0.5) is 0 Å². The minimum absolute atomic E-state index is 0.0950. The van der Waals surface area contributed by atoms with Crippen LogP contribution in [0.3, 0.4) is 0 Å². The monoisotopic (exact) mass is 534 g/mol. The summed E-state index contributed by atoms with van der Waals surface area (Å²) in [6.45, 7) is 26.1. The van der Waals surface area contributed by atoms with E-state index in [2.05, 4.69) is 141 Å². The quantitative estimate of drug-likeness (QED) is 0.233. The fourth-order valence-corrected chi connectivity index (χ4v) is 5.38. The van der Waals surface area contributed by atoms with Crippen LogP contribution in [0.5, 0.6) is 0 Å². The highest BCUT2D eigenvalue weighted by molar-refractivity contribution is 6.45. The van der Waals surface area contributed by atoms with E-state index in [1.54, 1.807) is 0 Å². The molecule has 0 aliphatic heterocycles. The third kappa shape index (κ3) is 10.2. The molecule has 2 aromatic rings. The van der Waals surface area contributed by atoms with Crippen molar-refractivity contribution < 1.29 is 4.12 Å². The minimum Gasteiger partial charge on any atom is -0.422 e. The van der Waals surface area contributed by atoms with Gasteiger partial charge in [0.15, 0.2) is 0 Å². The lowest BCUT2D eigenvalue weighted by Gasteiger charge is -2.41. The lowest BCUT2D eigenvalue weighted by molar-refractivity contribution is 0.304. The van der Waals surface area contributed by atoms with Crippen molar-refractivity contribution in [1.29, 1.82) is 0 Å². The fourth-order valence-electron chi connectivity index (χ4n) is 3.40. The molecule has 0 atom stereocenters. The molecule has 0 heterocycles. The summed E-state index contributed by atoms with van der Waals surface area (Å²) in [5, 5.41) is 0. The van der Waals surface area contributed by atoms with Gasteiger partial charge in [-0.15, -0.1) is 0 Å². The molecule has 0 N–H and O–H groups in total. The van der Waals surface area contributed by atoms with Gasteiger partial charge >= 0.3 is 19.8 Å². The van der Waals surface area contributed by atoms with Crippen molar-refractivity contribution in [2.75, 3.05) is 0 Å². The zero-order valence-electron chi connectivity index (χ0n) is 25.0. The molecule has 37 heavy (non-hydrogen) atoms. The Hall–Kier alpha value is -2.23. The summed E-state index contributed by atoms with van der Waals surface area (Å²) in [5.41, 5.74) is 1.38. The van der Waals surface area contributed by atoms with E-state index in [1.807, 2.05) is 12.1 Å². The first-order valence-corrected chi connectivity index (χ1v) is 14.7. The van der Waals surface area contributed by atoms with Gasteiger partial charge < -0.3 is 13.2 Å². The Balaban J connectivity index is 2.45. The van der Waals surface area contributed by atoms with Crippen LogP contribution in [-0.2, 0) is 4.12 Å². The van der Waals surface area contributed by atoms with E-state index in [0.717, 1.165) is 22.8 Å². The van der Waals surface area contributed by atoms with Gasteiger partial charge in [0.05, 0.1) is 11.1 Å². The highest BCUT2D eigenvalue weighted by Crippen LogP contribution is 2.23. The first-order chi connectivity index (χ1) is 16.9. The van der Waals surface area contributed by atoms with E-state index in [4.69, 9.17) is 14.1 Å². The van der Waals surface area contributed by atoms with Crippen LogP contribution in [0.2, 0.25) is 0 Å². The van der Waals surface area contributed by atoms with Crippen LogP contribution in [0.15, 0.2) is 70.6 Å². The average molecular weight is 535 g/mol. The number of nitrogens with zero attached hydrogens (tertiary/aromatic N) is 4. The van der Waals surface area contributed by atoms with Gasteiger partial charge in [-0.05, 0) is 83.1 Å². The zero-order chi connectivity index (χ0) is 28.1. The lowest BCUT2D eigenvalue weighted by Crippen LogP contribution is -2.54. The summed E-state index contributed by atoms with van der Waals surface area (Å²) in [5.74, 6) is 1.91. The third-order valence-electron chi connectivity index (χ3n) is 4.99. The maximum Gasteiger partial charge on any atom is 0.373 e. The highest BCUT2D eigenvalue weighted by Gasteiger charge is 2.32. The first kappa shape index (κ1) is 31.0. The number of rotatable bonds is 6. The Bertz CT molecular complexity index is 956. The SMILES string of the molecule is CC(C)(C)N=C(c1ccccc1)N([Si]O[Si]N(C(=NC(C)(C)C)c1ccccc1)C(C)(C)C)C(C)(C)C. The second kappa shape index (κ2) is 12.1. The highest BCUT2D eigenvalue weighted by atomic mass is 28.3. The smallest absolute Gasteiger partial charge is 0.373 e. The Morgan fingerprint density at radius 3 is 1.08 bits per heavy atom. The molecule has 0 aliphatic rings. The predicted octanol–water partition coefficient (Wildman–Crippen LogP) is 6.76. The molecule has 0 aliphatic carbocycles. The molecule has 0 amide bonds. The van der Waals surface area contributed by atoms with E-state index >= 15 is 0 Å². The molecular weight excluding hydrogens is 489 g/mol.